The van der Waals surface area contributed by atoms with Gasteiger partial charge < -0.3 is 4.74 Å². The summed E-state index contributed by atoms with van der Waals surface area (Å²) >= 11 is 0. The number of benzene rings is 1. The molecule has 2 aliphatic heterocycles. The van der Waals surface area contributed by atoms with Crippen LogP contribution < -0.4 is 0 Å². The summed E-state index contributed by atoms with van der Waals surface area (Å²) in [5.41, 5.74) is 0.424. The number of carbonyl (C=O) groups is 1. The molecule has 2 fully saturated rings. The van der Waals surface area contributed by atoms with E-state index in [2.05, 4.69) is 11.9 Å². The monoisotopic (exact) mass is 309 g/mol. The number of fused-ring (bicyclic) bond motifs is 2. The number of ketones is 1. The van der Waals surface area contributed by atoms with Crippen LogP contribution in [0.3, 0.4) is 0 Å². The third-order valence-electron chi connectivity index (χ3n) is 5.06. The molecule has 0 spiro atoms. The quantitative estimate of drug-likeness (QED) is 0.859. The first-order chi connectivity index (χ1) is 10.5. The topological polar surface area (TPSA) is 29.5 Å². The van der Waals surface area contributed by atoms with Gasteiger partial charge in [-0.1, -0.05) is 12.1 Å². The van der Waals surface area contributed by atoms with Gasteiger partial charge in [0.25, 0.3) is 0 Å². The first kappa shape index (κ1) is 15.6. The summed E-state index contributed by atoms with van der Waals surface area (Å²) in [7, 11) is 2.06. The van der Waals surface area contributed by atoms with Gasteiger partial charge in [-0.25, -0.2) is 8.78 Å². The lowest BCUT2D eigenvalue weighted by atomic mass is 9.81. The molecule has 0 aromatic heterocycles. The van der Waals surface area contributed by atoms with Crippen molar-refractivity contribution in [3.8, 4) is 0 Å². The SMILES string of the molecule is Cc1ccc(CC(=O)C2CC3COCC(C2)N3C)c(F)c1F. The maximum atomic E-state index is 13.9. The van der Waals surface area contributed by atoms with E-state index in [4.69, 9.17) is 4.74 Å². The van der Waals surface area contributed by atoms with Crippen LogP contribution in [-0.2, 0) is 16.0 Å². The molecule has 0 radical (unpaired) electrons. The Bertz CT molecular complexity index is 576. The Kier molecular flexibility index (Phi) is 4.28. The maximum absolute atomic E-state index is 13.9. The Morgan fingerprint density at radius 2 is 1.86 bits per heavy atom. The highest BCUT2D eigenvalue weighted by Gasteiger charge is 2.39. The molecule has 2 saturated heterocycles. The minimum absolute atomic E-state index is 0.00662. The van der Waals surface area contributed by atoms with Crippen molar-refractivity contribution in [2.45, 2.75) is 38.3 Å². The molecule has 0 N–H and O–H groups in total. The van der Waals surface area contributed by atoms with Crippen molar-refractivity contribution in [2.24, 2.45) is 5.92 Å². The van der Waals surface area contributed by atoms with Gasteiger partial charge in [-0.05, 0) is 37.9 Å². The maximum Gasteiger partial charge on any atom is 0.162 e. The van der Waals surface area contributed by atoms with Crippen molar-refractivity contribution in [1.29, 1.82) is 0 Å². The molecular formula is C17H21F2NO2. The van der Waals surface area contributed by atoms with Crippen LogP contribution in [-0.4, -0.2) is 43.0 Å². The highest BCUT2D eigenvalue weighted by atomic mass is 19.2. The minimum Gasteiger partial charge on any atom is -0.378 e. The third-order valence-corrected chi connectivity index (χ3v) is 5.06. The number of morpholine rings is 1. The van der Waals surface area contributed by atoms with Gasteiger partial charge in [-0.2, -0.15) is 0 Å². The van der Waals surface area contributed by atoms with Gasteiger partial charge in [0.2, 0.25) is 0 Å². The number of likely N-dealkylation sites (N-methyl/N-ethyl adjacent to an activating group) is 1. The van der Waals surface area contributed by atoms with E-state index in [1.165, 1.54) is 19.1 Å². The Hall–Kier alpha value is -1.33. The smallest absolute Gasteiger partial charge is 0.162 e. The molecule has 3 rings (SSSR count). The molecule has 1 aromatic rings. The summed E-state index contributed by atoms with van der Waals surface area (Å²) in [5.74, 6) is -1.81. The largest absolute Gasteiger partial charge is 0.378 e. The Morgan fingerprint density at radius 1 is 1.23 bits per heavy atom. The summed E-state index contributed by atoms with van der Waals surface area (Å²) in [6.45, 7) is 2.80. The lowest BCUT2D eigenvalue weighted by Crippen LogP contribution is -2.56. The van der Waals surface area contributed by atoms with E-state index in [0.717, 1.165) is 12.8 Å². The summed E-state index contributed by atoms with van der Waals surface area (Å²) in [6, 6.07) is 3.55. The van der Waals surface area contributed by atoms with Crippen LogP contribution in [0.15, 0.2) is 12.1 Å². The fraction of sp³-hybridized carbons (Fsp3) is 0.588. The average molecular weight is 309 g/mol. The van der Waals surface area contributed by atoms with Gasteiger partial charge in [-0.15, -0.1) is 0 Å². The van der Waals surface area contributed by atoms with Gasteiger partial charge in [0.15, 0.2) is 11.6 Å². The van der Waals surface area contributed by atoms with Crippen LogP contribution in [0, 0.1) is 24.5 Å². The van der Waals surface area contributed by atoms with Crippen LogP contribution in [0.1, 0.15) is 24.0 Å². The van der Waals surface area contributed by atoms with Gasteiger partial charge in [0, 0.05) is 24.4 Å². The lowest BCUT2D eigenvalue weighted by molar-refractivity contribution is -0.130. The fourth-order valence-electron chi connectivity index (χ4n) is 3.51. The Balaban J connectivity index is 1.72. The van der Waals surface area contributed by atoms with E-state index in [0.29, 0.717) is 13.2 Å². The highest BCUT2D eigenvalue weighted by Crippen LogP contribution is 2.31. The molecule has 5 heteroatoms. The van der Waals surface area contributed by atoms with E-state index in [1.54, 1.807) is 0 Å². The number of piperidine rings is 1. The summed E-state index contributed by atoms with van der Waals surface area (Å²) in [6.07, 6.45) is 1.45. The van der Waals surface area contributed by atoms with Gasteiger partial charge in [-0.3, -0.25) is 9.69 Å². The molecule has 2 unspecified atom stereocenters. The van der Waals surface area contributed by atoms with Gasteiger partial charge in [0.1, 0.15) is 5.78 Å². The lowest BCUT2D eigenvalue weighted by Gasteiger charge is -2.46. The van der Waals surface area contributed by atoms with E-state index in [1.807, 2.05) is 0 Å². The normalized spacial score (nSPS) is 28.6. The number of aryl methyl sites for hydroxylation is 1. The third kappa shape index (κ3) is 2.79. The highest BCUT2D eigenvalue weighted by molar-refractivity contribution is 5.83. The minimum atomic E-state index is -0.884. The van der Waals surface area contributed by atoms with E-state index in [-0.39, 0.29) is 41.3 Å². The molecule has 1 aromatic carbocycles. The zero-order valence-electron chi connectivity index (χ0n) is 12.9. The zero-order valence-corrected chi connectivity index (χ0v) is 12.9. The molecule has 120 valence electrons. The number of halogens is 2. The summed E-state index contributed by atoms with van der Waals surface area (Å²) < 4.78 is 33.1. The van der Waals surface area contributed by atoms with E-state index >= 15 is 0 Å². The Labute approximate surface area is 129 Å². The van der Waals surface area contributed by atoms with Crippen molar-refractivity contribution in [1.82, 2.24) is 4.90 Å². The van der Waals surface area contributed by atoms with Crippen molar-refractivity contribution >= 4 is 5.78 Å². The average Bonchev–Trinajstić information content (AvgIpc) is 2.47. The van der Waals surface area contributed by atoms with Crippen molar-refractivity contribution < 1.29 is 18.3 Å². The van der Waals surface area contributed by atoms with Crippen LogP contribution in [0.2, 0.25) is 0 Å². The van der Waals surface area contributed by atoms with Gasteiger partial charge in [0.05, 0.1) is 13.2 Å². The number of Topliss-reactive ketones (excluding diaryl/α,β-unsaturated/α-hetero) is 1. The number of carbonyl (C=O) groups excluding carboxylic acids is 1. The molecule has 0 amide bonds. The first-order valence-electron chi connectivity index (χ1n) is 7.73. The fourth-order valence-corrected chi connectivity index (χ4v) is 3.51. The molecular weight excluding hydrogens is 288 g/mol. The van der Waals surface area contributed by atoms with Crippen molar-refractivity contribution in [2.75, 3.05) is 20.3 Å². The molecule has 2 bridgehead atoms. The predicted molar refractivity (Wildman–Crippen MR) is 78.7 cm³/mol. The van der Waals surface area contributed by atoms with Gasteiger partial charge >= 0.3 is 0 Å². The van der Waals surface area contributed by atoms with Crippen molar-refractivity contribution in [3.05, 3.63) is 34.9 Å². The molecule has 0 aliphatic carbocycles. The predicted octanol–water partition coefficient (Wildman–Crippen LogP) is 2.49. The van der Waals surface area contributed by atoms with E-state index in [9.17, 15) is 13.6 Å². The molecule has 22 heavy (non-hydrogen) atoms. The number of nitrogens with zero attached hydrogens (tertiary/aromatic N) is 1. The van der Waals surface area contributed by atoms with E-state index < -0.39 is 11.6 Å². The van der Waals surface area contributed by atoms with Crippen molar-refractivity contribution in [3.63, 3.8) is 0 Å². The molecule has 2 aliphatic rings. The Morgan fingerprint density at radius 3 is 2.50 bits per heavy atom. The second-order valence-electron chi connectivity index (χ2n) is 6.49. The summed E-state index contributed by atoms with van der Waals surface area (Å²) in [4.78, 5) is 14.8. The molecule has 2 heterocycles. The van der Waals surface area contributed by atoms with Crippen LogP contribution in [0.5, 0.6) is 0 Å². The second kappa shape index (κ2) is 6.05. The molecule has 0 saturated carbocycles. The standard InChI is InChI=1S/C17H21F2NO2/c1-10-3-4-11(17(19)16(10)18)7-15(21)12-5-13-8-22-9-14(6-12)20(13)2/h3-4,12-14H,5-9H2,1-2H3. The first-order valence-corrected chi connectivity index (χ1v) is 7.73. The molecule has 2 atom stereocenters. The number of hydrogen-bond donors (Lipinski definition) is 0. The van der Waals surface area contributed by atoms with Crippen LogP contribution in [0.4, 0.5) is 8.78 Å². The van der Waals surface area contributed by atoms with Crippen LogP contribution in [0.25, 0.3) is 0 Å². The zero-order chi connectivity index (χ0) is 15.9. The molecule has 3 nitrogen and oxygen atoms in total. The second-order valence-corrected chi connectivity index (χ2v) is 6.49. The summed E-state index contributed by atoms with van der Waals surface area (Å²) in [5, 5.41) is 0. The number of rotatable bonds is 3. The van der Waals surface area contributed by atoms with Crippen LogP contribution >= 0.6 is 0 Å². The number of hydrogen-bond acceptors (Lipinski definition) is 3. The number of ether oxygens (including phenoxy) is 1.